The Bertz CT molecular complexity index is 305. The lowest BCUT2D eigenvalue weighted by Crippen LogP contribution is -2.27. The molecule has 1 rings (SSSR count). The van der Waals surface area contributed by atoms with Crippen LogP contribution in [0.1, 0.15) is 52.9 Å². The second-order valence-corrected chi connectivity index (χ2v) is 5.29. The van der Waals surface area contributed by atoms with Crippen LogP contribution in [0.25, 0.3) is 0 Å². The summed E-state index contributed by atoms with van der Waals surface area (Å²) in [6.45, 7) is 9.43. The fraction of sp³-hybridized carbons (Fsp3) is 0.667. The summed E-state index contributed by atoms with van der Waals surface area (Å²) >= 11 is 0. The van der Waals surface area contributed by atoms with Crippen LogP contribution in [0.5, 0.6) is 0 Å². The summed E-state index contributed by atoms with van der Waals surface area (Å²) in [4.78, 5) is 11.6. The van der Waals surface area contributed by atoms with Gasteiger partial charge in [-0.3, -0.25) is 0 Å². The standard InChI is InChI=1S/C15H24O2/c1-11(2)10-14(17-15(16)12(3)4)13-8-6-5-7-9-13/h10,13-14H,3,5-9H2,1-2,4H3. The van der Waals surface area contributed by atoms with Crippen LogP contribution >= 0.6 is 0 Å². The van der Waals surface area contributed by atoms with Gasteiger partial charge in [-0.25, -0.2) is 4.79 Å². The molecule has 1 aliphatic rings. The zero-order valence-electron chi connectivity index (χ0n) is 11.3. The first-order valence-corrected chi connectivity index (χ1v) is 6.52. The molecule has 1 saturated carbocycles. The molecule has 0 aromatic rings. The van der Waals surface area contributed by atoms with Gasteiger partial charge in [-0.1, -0.05) is 31.4 Å². The highest BCUT2D eigenvalue weighted by Crippen LogP contribution is 2.29. The maximum absolute atomic E-state index is 11.6. The van der Waals surface area contributed by atoms with Gasteiger partial charge in [0.1, 0.15) is 6.10 Å². The Kier molecular flexibility index (Phi) is 5.46. The first kappa shape index (κ1) is 14.0. The first-order valence-electron chi connectivity index (χ1n) is 6.52. The third kappa shape index (κ3) is 4.76. The van der Waals surface area contributed by atoms with Crippen LogP contribution in [0.4, 0.5) is 0 Å². The lowest BCUT2D eigenvalue weighted by atomic mass is 9.84. The summed E-state index contributed by atoms with van der Waals surface area (Å²) in [5.41, 5.74) is 1.68. The molecule has 0 saturated heterocycles. The number of carbonyl (C=O) groups excluding carboxylic acids is 1. The van der Waals surface area contributed by atoms with Gasteiger partial charge in [0.15, 0.2) is 0 Å². The van der Waals surface area contributed by atoms with Crippen molar-refractivity contribution in [3.8, 4) is 0 Å². The highest BCUT2D eigenvalue weighted by atomic mass is 16.5. The molecule has 1 unspecified atom stereocenters. The van der Waals surface area contributed by atoms with E-state index in [1.165, 1.54) is 24.8 Å². The SMILES string of the molecule is C=C(C)C(=O)OC(C=C(C)C)C1CCCCC1. The van der Waals surface area contributed by atoms with Crippen LogP contribution in [-0.2, 0) is 9.53 Å². The molecule has 2 nitrogen and oxygen atoms in total. The second-order valence-electron chi connectivity index (χ2n) is 5.29. The minimum atomic E-state index is -0.266. The summed E-state index contributed by atoms with van der Waals surface area (Å²) < 4.78 is 5.55. The minimum Gasteiger partial charge on any atom is -0.454 e. The Labute approximate surface area is 105 Å². The highest BCUT2D eigenvalue weighted by Gasteiger charge is 2.25. The zero-order valence-corrected chi connectivity index (χ0v) is 11.3. The van der Waals surface area contributed by atoms with Crippen molar-refractivity contribution in [3.05, 3.63) is 23.8 Å². The quantitative estimate of drug-likeness (QED) is 0.418. The number of esters is 1. The summed E-state index contributed by atoms with van der Waals surface area (Å²) in [5.74, 6) is 0.222. The molecule has 1 atom stereocenters. The minimum absolute atomic E-state index is 0.0653. The molecule has 0 heterocycles. The molecule has 2 heteroatoms. The molecule has 0 spiro atoms. The molecule has 0 aromatic heterocycles. The molecule has 0 aliphatic heterocycles. The summed E-state index contributed by atoms with van der Waals surface area (Å²) in [5, 5.41) is 0. The van der Waals surface area contributed by atoms with Crippen molar-refractivity contribution in [2.75, 3.05) is 0 Å². The average Bonchev–Trinajstić information content (AvgIpc) is 2.28. The van der Waals surface area contributed by atoms with Crippen molar-refractivity contribution >= 4 is 5.97 Å². The summed E-state index contributed by atoms with van der Waals surface area (Å²) in [7, 11) is 0. The van der Waals surface area contributed by atoms with E-state index < -0.39 is 0 Å². The van der Waals surface area contributed by atoms with E-state index in [2.05, 4.69) is 12.7 Å². The Morgan fingerprint density at radius 3 is 2.29 bits per heavy atom. The molecule has 0 amide bonds. The summed E-state index contributed by atoms with van der Waals surface area (Å²) in [6.07, 6.45) is 8.16. The van der Waals surface area contributed by atoms with Gasteiger partial charge in [0, 0.05) is 5.57 Å². The number of rotatable bonds is 4. The maximum atomic E-state index is 11.6. The topological polar surface area (TPSA) is 26.3 Å². The van der Waals surface area contributed by atoms with E-state index in [1.807, 2.05) is 13.8 Å². The van der Waals surface area contributed by atoms with Gasteiger partial charge in [0.25, 0.3) is 0 Å². The Hall–Kier alpha value is -1.05. The maximum Gasteiger partial charge on any atom is 0.333 e. The monoisotopic (exact) mass is 236 g/mol. The normalized spacial score (nSPS) is 18.3. The Balaban J connectivity index is 2.69. The van der Waals surface area contributed by atoms with Gasteiger partial charge in [-0.15, -0.1) is 0 Å². The molecule has 1 fully saturated rings. The molecule has 0 aromatic carbocycles. The molecule has 0 radical (unpaired) electrons. The zero-order chi connectivity index (χ0) is 12.8. The number of ether oxygens (including phenoxy) is 1. The van der Waals surface area contributed by atoms with Gasteiger partial charge in [-0.05, 0) is 45.6 Å². The lowest BCUT2D eigenvalue weighted by Gasteiger charge is -2.28. The third-order valence-corrected chi connectivity index (χ3v) is 3.20. The number of hydrogen-bond acceptors (Lipinski definition) is 2. The second kappa shape index (κ2) is 6.63. The van der Waals surface area contributed by atoms with Crippen LogP contribution in [0.15, 0.2) is 23.8 Å². The number of carbonyl (C=O) groups is 1. The van der Waals surface area contributed by atoms with Gasteiger partial charge in [0.2, 0.25) is 0 Å². The van der Waals surface area contributed by atoms with Crippen LogP contribution in [0.2, 0.25) is 0 Å². The van der Waals surface area contributed by atoms with Crippen molar-refractivity contribution < 1.29 is 9.53 Å². The average molecular weight is 236 g/mol. The largest absolute Gasteiger partial charge is 0.454 e. The molecular formula is C15H24O2. The van der Waals surface area contributed by atoms with E-state index >= 15 is 0 Å². The van der Waals surface area contributed by atoms with E-state index in [0.29, 0.717) is 11.5 Å². The predicted octanol–water partition coefficient (Wildman–Crippen LogP) is 4.02. The number of allylic oxidation sites excluding steroid dienone is 1. The first-order chi connectivity index (χ1) is 8.00. The lowest BCUT2D eigenvalue weighted by molar-refractivity contribution is -0.144. The van der Waals surface area contributed by atoms with E-state index in [9.17, 15) is 4.79 Å². The highest BCUT2D eigenvalue weighted by molar-refractivity contribution is 5.87. The molecule has 17 heavy (non-hydrogen) atoms. The smallest absolute Gasteiger partial charge is 0.333 e. The number of hydrogen-bond donors (Lipinski definition) is 0. The Morgan fingerprint density at radius 1 is 1.24 bits per heavy atom. The van der Waals surface area contributed by atoms with Crippen LogP contribution in [0.3, 0.4) is 0 Å². The van der Waals surface area contributed by atoms with Crippen LogP contribution in [-0.4, -0.2) is 12.1 Å². The van der Waals surface area contributed by atoms with Crippen LogP contribution in [0, 0.1) is 5.92 Å². The van der Waals surface area contributed by atoms with Crippen LogP contribution < -0.4 is 0 Å². The van der Waals surface area contributed by atoms with Crippen molar-refractivity contribution in [2.24, 2.45) is 5.92 Å². The van der Waals surface area contributed by atoms with Crippen molar-refractivity contribution in [3.63, 3.8) is 0 Å². The van der Waals surface area contributed by atoms with Gasteiger partial charge < -0.3 is 4.74 Å². The molecule has 1 aliphatic carbocycles. The molecule has 0 bridgehead atoms. The third-order valence-electron chi connectivity index (χ3n) is 3.20. The Morgan fingerprint density at radius 2 is 1.82 bits per heavy atom. The fourth-order valence-electron chi connectivity index (χ4n) is 2.28. The molecular weight excluding hydrogens is 212 g/mol. The van der Waals surface area contributed by atoms with E-state index in [-0.39, 0.29) is 12.1 Å². The van der Waals surface area contributed by atoms with E-state index in [4.69, 9.17) is 4.74 Å². The van der Waals surface area contributed by atoms with Gasteiger partial charge in [-0.2, -0.15) is 0 Å². The van der Waals surface area contributed by atoms with Gasteiger partial charge >= 0.3 is 5.97 Å². The summed E-state index contributed by atoms with van der Waals surface area (Å²) in [6, 6.07) is 0. The molecule has 96 valence electrons. The van der Waals surface area contributed by atoms with Crippen molar-refractivity contribution in [2.45, 2.75) is 59.0 Å². The van der Waals surface area contributed by atoms with E-state index in [1.54, 1.807) is 6.92 Å². The van der Waals surface area contributed by atoms with E-state index in [0.717, 1.165) is 12.8 Å². The fourth-order valence-corrected chi connectivity index (χ4v) is 2.28. The predicted molar refractivity (Wildman–Crippen MR) is 70.7 cm³/mol. The van der Waals surface area contributed by atoms with Gasteiger partial charge in [0.05, 0.1) is 0 Å². The van der Waals surface area contributed by atoms with Crippen molar-refractivity contribution in [1.29, 1.82) is 0 Å². The van der Waals surface area contributed by atoms with Crippen molar-refractivity contribution in [1.82, 2.24) is 0 Å². The molecule has 0 N–H and O–H groups in total.